The van der Waals surface area contributed by atoms with E-state index in [2.05, 4.69) is 51.3 Å². The third-order valence-corrected chi connectivity index (χ3v) is 6.03. The molecule has 0 unspecified atom stereocenters. The van der Waals surface area contributed by atoms with Gasteiger partial charge in [0.1, 0.15) is 16.6 Å². The zero-order valence-corrected chi connectivity index (χ0v) is 18.7. The van der Waals surface area contributed by atoms with Crippen molar-refractivity contribution in [3.63, 3.8) is 0 Å². The molecule has 7 heteroatoms. The first-order chi connectivity index (χ1) is 14.3. The van der Waals surface area contributed by atoms with E-state index in [0.29, 0.717) is 5.13 Å². The number of rotatable bonds is 6. The monoisotopic (exact) mass is 419 g/mol. The lowest BCUT2D eigenvalue weighted by Crippen LogP contribution is -2.13. The van der Waals surface area contributed by atoms with E-state index in [9.17, 15) is 10.1 Å². The number of aromatic nitrogens is 3. The minimum absolute atomic E-state index is 0.0258. The number of nitrogens with one attached hydrogen (secondary N) is 1. The standard InChI is InChI=1S/C23H25N5OS/c1-6-17-7-9-20(10-8-17)28-15(4)11-18(16(28)5)12-19(13-24)21(29)25-23-27-26-22(30-23)14(2)3/h7-12,14H,6H2,1-5H3,(H,25,27,29)/b19-12-. The van der Waals surface area contributed by atoms with Gasteiger partial charge in [-0.3, -0.25) is 10.1 Å². The van der Waals surface area contributed by atoms with E-state index >= 15 is 0 Å². The molecule has 154 valence electrons. The molecule has 0 aliphatic rings. The van der Waals surface area contributed by atoms with E-state index in [4.69, 9.17) is 0 Å². The fourth-order valence-corrected chi connectivity index (χ4v) is 3.94. The molecule has 0 aliphatic carbocycles. The van der Waals surface area contributed by atoms with Crippen molar-refractivity contribution >= 4 is 28.5 Å². The van der Waals surface area contributed by atoms with Gasteiger partial charge >= 0.3 is 0 Å². The maximum atomic E-state index is 12.6. The summed E-state index contributed by atoms with van der Waals surface area (Å²) in [5, 5.41) is 21.5. The minimum Gasteiger partial charge on any atom is -0.318 e. The Balaban J connectivity index is 1.88. The number of benzene rings is 1. The van der Waals surface area contributed by atoms with Crippen molar-refractivity contribution in [1.29, 1.82) is 5.26 Å². The second-order valence-electron chi connectivity index (χ2n) is 7.41. The highest BCUT2D eigenvalue weighted by molar-refractivity contribution is 7.15. The van der Waals surface area contributed by atoms with Gasteiger partial charge in [0.2, 0.25) is 5.13 Å². The van der Waals surface area contributed by atoms with Gasteiger partial charge < -0.3 is 4.57 Å². The number of amides is 1. The zero-order chi connectivity index (χ0) is 21.8. The van der Waals surface area contributed by atoms with Gasteiger partial charge in [-0.1, -0.05) is 44.2 Å². The average Bonchev–Trinajstić information content (AvgIpc) is 3.30. The zero-order valence-electron chi connectivity index (χ0n) is 17.9. The molecule has 1 N–H and O–H groups in total. The largest absolute Gasteiger partial charge is 0.318 e. The summed E-state index contributed by atoms with van der Waals surface area (Å²) in [5.41, 5.74) is 5.19. The molecule has 1 aromatic carbocycles. The van der Waals surface area contributed by atoms with Crippen LogP contribution in [-0.4, -0.2) is 20.7 Å². The van der Waals surface area contributed by atoms with Gasteiger partial charge in [0.05, 0.1) is 0 Å². The van der Waals surface area contributed by atoms with E-state index in [1.165, 1.54) is 16.9 Å². The first-order valence-electron chi connectivity index (χ1n) is 9.88. The Hall–Kier alpha value is -3.24. The lowest BCUT2D eigenvalue weighted by Gasteiger charge is -2.10. The second kappa shape index (κ2) is 9.06. The molecule has 0 saturated carbocycles. The van der Waals surface area contributed by atoms with Gasteiger partial charge in [0.15, 0.2) is 0 Å². The summed E-state index contributed by atoms with van der Waals surface area (Å²) in [6.07, 6.45) is 2.62. The molecular weight excluding hydrogens is 394 g/mol. The Kier molecular flexibility index (Phi) is 6.48. The summed E-state index contributed by atoms with van der Waals surface area (Å²) in [7, 11) is 0. The number of hydrogen-bond acceptors (Lipinski definition) is 5. The molecule has 0 spiro atoms. The summed E-state index contributed by atoms with van der Waals surface area (Å²) in [5.74, 6) is -0.253. The van der Waals surface area contributed by atoms with Crippen LogP contribution in [0.2, 0.25) is 0 Å². The first kappa shape index (κ1) is 21.5. The van der Waals surface area contributed by atoms with Gasteiger partial charge in [0.25, 0.3) is 5.91 Å². The molecule has 0 aliphatic heterocycles. The number of hydrogen-bond donors (Lipinski definition) is 1. The maximum absolute atomic E-state index is 12.6. The van der Waals surface area contributed by atoms with Crippen LogP contribution in [0.15, 0.2) is 35.9 Å². The number of aryl methyl sites for hydroxylation is 2. The van der Waals surface area contributed by atoms with Crippen molar-refractivity contribution in [1.82, 2.24) is 14.8 Å². The maximum Gasteiger partial charge on any atom is 0.268 e. The lowest BCUT2D eigenvalue weighted by molar-refractivity contribution is -0.112. The molecule has 0 fully saturated rings. The third-order valence-electron chi connectivity index (χ3n) is 4.89. The van der Waals surface area contributed by atoms with E-state index in [1.54, 1.807) is 6.08 Å². The molecule has 3 rings (SSSR count). The van der Waals surface area contributed by atoms with E-state index in [-0.39, 0.29) is 11.5 Å². The van der Waals surface area contributed by atoms with Crippen molar-refractivity contribution in [2.75, 3.05) is 5.32 Å². The van der Waals surface area contributed by atoms with E-state index < -0.39 is 5.91 Å². The van der Waals surface area contributed by atoms with Crippen molar-refractivity contribution < 1.29 is 4.79 Å². The molecule has 0 radical (unpaired) electrons. The van der Waals surface area contributed by atoms with Crippen LogP contribution in [0.5, 0.6) is 0 Å². The molecule has 0 saturated heterocycles. The fourth-order valence-electron chi connectivity index (χ4n) is 3.20. The highest BCUT2D eigenvalue weighted by Gasteiger charge is 2.16. The van der Waals surface area contributed by atoms with Crippen molar-refractivity contribution in [3.8, 4) is 11.8 Å². The van der Waals surface area contributed by atoms with Gasteiger partial charge in [-0.15, -0.1) is 10.2 Å². The van der Waals surface area contributed by atoms with Crippen molar-refractivity contribution in [3.05, 3.63) is 63.4 Å². The summed E-state index contributed by atoms with van der Waals surface area (Å²) in [6, 6.07) is 12.4. The Morgan fingerprint density at radius 2 is 1.97 bits per heavy atom. The Morgan fingerprint density at radius 3 is 2.53 bits per heavy atom. The summed E-state index contributed by atoms with van der Waals surface area (Å²) < 4.78 is 2.12. The molecule has 0 atom stereocenters. The van der Waals surface area contributed by atoms with E-state index in [1.807, 2.05) is 39.8 Å². The molecular formula is C23H25N5OS. The second-order valence-corrected chi connectivity index (χ2v) is 8.42. The van der Waals surface area contributed by atoms with Crippen LogP contribution in [0.25, 0.3) is 11.8 Å². The van der Waals surface area contributed by atoms with Crippen LogP contribution in [0.1, 0.15) is 54.2 Å². The molecule has 3 aromatic rings. The smallest absolute Gasteiger partial charge is 0.268 e. The van der Waals surface area contributed by atoms with Crippen LogP contribution in [0.3, 0.4) is 0 Å². The summed E-state index contributed by atoms with van der Waals surface area (Å²) in [6.45, 7) is 10.2. The topological polar surface area (TPSA) is 83.6 Å². The van der Waals surface area contributed by atoms with Crippen molar-refractivity contribution in [2.24, 2.45) is 0 Å². The van der Waals surface area contributed by atoms with Gasteiger partial charge in [-0.2, -0.15) is 5.26 Å². The summed E-state index contributed by atoms with van der Waals surface area (Å²) >= 11 is 1.32. The minimum atomic E-state index is -0.485. The van der Waals surface area contributed by atoms with Crippen LogP contribution >= 0.6 is 11.3 Å². The molecule has 6 nitrogen and oxygen atoms in total. The molecule has 30 heavy (non-hydrogen) atoms. The Bertz CT molecular complexity index is 1130. The number of nitrogens with zero attached hydrogens (tertiary/aromatic N) is 4. The van der Waals surface area contributed by atoms with Crippen LogP contribution < -0.4 is 5.32 Å². The number of anilines is 1. The number of carbonyl (C=O) groups is 1. The van der Waals surface area contributed by atoms with Crippen LogP contribution in [-0.2, 0) is 11.2 Å². The fraction of sp³-hybridized carbons (Fsp3) is 0.304. The van der Waals surface area contributed by atoms with E-state index in [0.717, 1.165) is 34.1 Å². The van der Waals surface area contributed by atoms with Gasteiger partial charge in [-0.25, -0.2) is 0 Å². The molecule has 2 heterocycles. The SMILES string of the molecule is CCc1ccc(-n2c(C)cc(/C=C(/C#N)C(=O)Nc3nnc(C(C)C)s3)c2C)cc1. The Labute approximate surface area is 180 Å². The molecule has 0 bridgehead atoms. The van der Waals surface area contributed by atoms with Crippen molar-refractivity contribution in [2.45, 2.75) is 47.0 Å². The van der Waals surface area contributed by atoms with Gasteiger partial charge in [-0.05, 0) is 55.7 Å². The number of carbonyl (C=O) groups excluding carboxylic acids is 1. The third kappa shape index (κ3) is 4.50. The average molecular weight is 420 g/mol. The predicted molar refractivity (Wildman–Crippen MR) is 121 cm³/mol. The predicted octanol–water partition coefficient (Wildman–Crippen LogP) is 5.18. The molecule has 2 aromatic heterocycles. The lowest BCUT2D eigenvalue weighted by atomic mass is 10.1. The quantitative estimate of drug-likeness (QED) is 0.441. The highest BCUT2D eigenvalue weighted by Crippen LogP contribution is 2.25. The molecule has 1 amide bonds. The Morgan fingerprint density at radius 1 is 1.27 bits per heavy atom. The first-order valence-corrected chi connectivity index (χ1v) is 10.7. The summed E-state index contributed by atoms with van der Waals surface area (Å²) in [4.78, 5) is 12.6. The van der Waals surface area contributed by atoms with Crippen LogP contribution in [0, 0.1) is 25.2 Å². The number of nitriles is 1. The van der Waals surface area contributed by atoms with Gasteiger partial charge in [0, 0.05) is 23.0 Å². The highest BCUT2D eigenvalue weighted by atomic mass is 32.1. The normalized spacial score (nSPS) is 11.6. The van der Waals surface area contributed by atoms with Crippen LogP contribution in [0.4, 0.5) is 5.13 Å².